The summed E-state index contributed by atoms with van der Waals surface area (Å²) >= 11 is 1.73. The fourth-order valence-corrected chi connectivity index (χ4v) is 3.36. The summed E-state index contributed by atoms with van der Waals surface area (Å²) in [5.41, 5.74) is 7.55. The molecule has 0 aliphatic carbocycles. The van der Waals surface area contributed by atoms with E-state index in [-0.39, 0.29) is 6.04 Å². The molecule has 0 saturated carbocycles. The van der Waals surface area contributed by atoms with Crippen LogP contribution in [-0.4, -0.2) is 29.0 Å². The maximum atomic E-state index is 6.36. The van der Waals surface area contributed by atoms with Crippen molar-refractivity contribution in [3.05, 3.63) is 16.1 Å². The Morgan fingerprint density at radius 2 is 2.35 bits per heavy atom. The number of nitrogens with two attached hydrogens (primary N) is 1. The molecule has 2 N–H and O–H groups in total. The van der Waals surface area contributed by atoms with Gasteiger partial charge in [0.15, 0.2) is 0 Å². The number of thiazole rings is 1. The largest absolute Gasteiger partial charge is 0.326 e. The van der Waals surface area contributed by atoms with Crippen molar-refractivity contribution in [3.8, 4) is 0 Å². The van der Waals surface area contributed by atoms with Gasteiger partial charge in [-0.2, -0.15) is 0 Å². The normalized spacial score (nSPS) is 27.0. The van der Waals surface area contributed by atoms with Crippen molar-refractivity contribution in [1.82, 2.24) is 9.88 Å². The molecule has 0 aromatic carbocycles. The number of rotatable bonds is 3. The van der Waals surface area contributed by atoms with Crippen LogP contribution in [-0.2, 0) is 0 Å². The zero-order chi connectivity index (χ0) is 12.3. The van der Waals surface area contributed by atoms with Crippen LogP contribution in [0, 0.1) is 6.92 Å². The monoisotopic (exact) mass is 253 g/mol. The van der Waals surface area contributed by atoms with Gasteiger partial charge < -0.3 is 5.73 Å². The molecule has 1 aliphatic rings. The molecule has 1 saturated heterocycles. The first kappa shape index (κ1) is 13.0. The quantitative estimate of drug-likeness (QED) is 0.900. The van der Waals surface area contributed by atoms with Crippen molar-refractivity contribution in [2.75, 3.05) is 13.1 Å². The molecule has 0 bridgehead atoms. The van der Waals surface area contributed by atoms with E-state index in [1.54, 1.807) is 11.3 Å². The fraction of sp³-hybridized carbons (Fsp3) is 0.769. The highest BCUT2D eigenvalue weighted by Gasteiger charge is 2.29. The van der Waals surface area contributed by atoms with Crippen molar-refractivity contribution < 1.29 is 0 Å². The summed E-state index contributed by atoms with van der Waals surface area (Å²) in [6.07, 6.45) is 4.84. The second kappa shape index (κ2) is 5.94. The number of hydrogen-bond donors (Lipinski definition) is 1. The molecule has 96 valence electrons. The lowest BCUT2D eigenvalue weighted by molar-refractivity contribution is 0.182. The van der Waals surface area contributed by atoms with E-state index in [4.69, 9.17) is 5.73 Å². The molecule has 1 aromatic heterocycles. The Morgan fingerprint density at radius 1 is 1.53 bits per heavy atom. The minimum atomic E-state index is 0.241. The first-order valence-corrected chi connectivity index (χ1v) is 7.52. The van der Waals surface area contributed by atoms with Gasteiger partial charge in [0.25, 0.3) is 0 Å². The van der Waals surface area contributed by atoms with Crippen LogP contribution in [0.15, 0.2) is 5.38 Å². The van der Waals surface area contributed by atoms with Crippen molar-refractivity contribution >= 4 is 11.3 Å². The molecule has 1 fully saturated rings. The van der Waals surface area contributed by atoms with Gasteiger partial charge in [-0.15, -0.1) is 11.3 Å². The average Bonchev–Trinajstić information content (AvgIpc) is 2.62. The lowest BCUT2D eigenvalue weighted by atomic mass is 10.0. The summed E-state index contributed by atoms with van der Waals surface area (Å²) in [5, 5.41) is 3.33. The lowest BCUT2D eigenvalue weighted by Crippen LogP contribution is -2.40. The van der Waals surface area contributed by atoms with E-state index in [0.717, 1.165) is 18.0 Å². The van der Waals surface area contributed by atoms with Gasteiger partial charge in [0.2, 0.25) is 0 Å². The maximum absolute atomic E-state index is 6.36. The minimum absolute atomic E-state index is 0.241. The first-order valence-electron chi connectivity index (χ1n) is 6.64. The molecule has 4 heteroatoms. The van der Waals surface area contributed by atoms with Gasteiger partial charge in [-0.3, -0.25) is 4.90 Å². The third kappa shape index (κ3) is 3.06. The smallest absolute Gasteiger partial charge is 0.0898 e. The van der Waals surface area contributed by atoms with E-state index in [1.807, 2.05) is 0 Å². The average molecular weight is 253 g/mol. The van der Waals surface area contributed by atoms with E-state index >= 15 is 0 Å². The van der Waals surface area contributed by atoms with Crippen LogP contribution in [0.25, 0.3) is 0 Å². The summed E-state index contributed by atoms with van der Waals surface area (Å²) in [5.74, 6) is 0. The summed E-state index contributed by atoms with van der Waals surface area (Å²) in [4.78, 5) is 7.19. The predicted molar refractivity (Wildman–Crippen MR) is 73.3 cm³/mol. The maximum Gasteiger partial charge on any atom is 0.0898 e. The number of aromatic nitrogens is 1. The molecular formula is C13H23N3S. The lowest BCUT2D eigenvalue weighted by Gasteiger charge is -2.32. The third-order valence-electron chi connectivity index (χ3n) is 3.48. The van der Waals surface area contributed by atoms with Gasteiger partial charge in [-0.1, -0.05) is 13.3 Å². The molecule has 2 atom stereocenters. The number of hydrogen-bond acceptors (Lipinski definition) is 4. The zero-order valence-corrected chi connectivity index (χ0v) is 11.7. The molecule has 3 nitrogen and oxygen atoms in total. The Hall–Kier alpha value is -0.450. The van der Waals surface area contributed by atoms with E-state index in [0.29, 0.717) is 6.04 Å². The summed E-state index contributed by atoms with van der Waals surface area (Å²) < 4.78 is 0. The van der Waals surface area contributed by atoms with E-state index in [2.05, 4.69) is 29.1 Å². The van der Waals surface area contributed by atoms with E-state index in [1.165, 1.54) is 31.5 Å². The highest BCUT2D eigenvalue weighted by molar-refractivity contribution is 7.09. The molecule has 0 spiro atoms. The standard InChI is InChI=1S/C13H23N3S/c1-3-7-16-8-5-4-6-11(14)13(16)12-9-17-10(2)15-12/h9,11,13H,3-8,14H2,1-2H3. The van der Waals surface area contributed by atoms with Gasteiger partial charge in [-0.05, 0) is 39.3 Å². The van der Waals surface area contributed by atoms with Gasteiger partial charge in [0, 0.05) is 11.4 Å². The second-order valence-corrected chi connectivity index (χ2v) is 5.99. The second-order valence-electron chi connectivity index (χ2n) is 4.93. The fourth-order valence-electron chi connectivity index (χ4n) is 2.72. The zero-order valence-electron chi connectivity index (χ0n) is 10.9. The minimum Gasteiger partial charge on any atom is -0.326 e. The first-order chi connectivity index (χ1) is 8.22. The summed E-state index contributed by atoms with van der Waals surface area (Å²) in [7, 11) is 0. The Labute approximate surface area is 108 Å². The van der Waals surface area contributed by atoms with Crippen molar-refractivity contribution in [3.63, 3.8) is 0 Å². The van der Waals surface area contributed by atoms with Crippen LogP contribution in [0.5, 0.6) is 0 Å². The van der Waals surface area contributed by atoms with Gasteiger partial charge in [0.1, 0.15) is 0 Å². The summed E-state index contributed by atoms with van der Waals surface area (Å²) in [6.45, 7) is 6.61. The van der Waals surface area contributed by atoms with Gasteiger partial charge in [0.05, 0.1) is 16.7 Å². The Balaban J connectivity index is 2.22. The van der Waals surface area contributed by atoms with Crippen LogP contribution in [0.3, 0.4) is 0 Å². The molecule has 1 aliphatic heterocycles. The van der Waals surface area contributed by atoms with Crippen LogP contribution in [0.2, 0.25) is 0 Å². The molecule has 2 rings (SSSR count). The van der Waals surface area contributed by atoms with Crippen molar-refractivity contribution in [2.24, 2.45) is 5.73 Å². The number of aryl methyl sites for hydroxylation is 1. The molecule has 17 heavy (non-hydrogen) atoms. The Bertz CT molecular complexity index is 350. The molecular weight excluding hydrogens is 230 g/mol. The van der Waals surface area contributed by atoms with Gasteiger partial charge >= 0.3 is 0 Å². The summed E-state index contributed by atoms with van der Waals surface area (Å²) in [6, 6.07) is 0.577. The van der Waals surface area contributed by atoms with Crippen molar-refractivity contribution in [2.45, 2.75) is 51.6 Å². The van der Waals surface area contributed by atoms with Crippen LogP contribution in [0.1, 0.15) is 49.4 Å². The SMILES string of the molecule is CCCN1CCCCC(N)C1c1csc(C)n1. The predicted octanol–water partition coefficient (Wildman–Crippen LogP) is 2.72. The molecule has 0 radical (unpaired) electrons. The molecule has 2 unspecified atom stereocenters. The molecule has 2 heterocycles. The highest BCUT2D eigenvalue weighted by Crippen LogP contribution is 2.30. The van der Waals surface area contributed by atoms with Crippen LogP contribution in [0.4, 0.5) is 0 Å². The van der Waals surface area contributed by atoms with E-state index < -0.39 is 0 Å². The van der Waals surface area contributed by atoms with Gasteiger partial charge in [-0.25, -0.2) is 4.98 Å². The number of nitrogens with zero attached hydrogens (tertiary/aromatic N) is 2. The third-order valence-corrected chi connectivity index (χ3v) is 4.27. The van der Waals surface area contributed by atoms with Crippen LogP contribution >= 0.6 is 11.3 Å². The number of likely N-dealkylation sites (tertiary alicyclic amines) is 1. The Kier molecular flexibility index (Phi) is 4.54. The van der Waals surface area contributed by atoms with Crippen molar-refractivity contribution in [1.29, 1.82) is 0 Å². The van der Waals surface area contributed by atoms with E-state index in [9.17, 15) is 0 Å². The molecule has 1 aromatic rings. The van der Waals surface area contributed by atoms with Crippen LogP contribution < -0.4 is 5.73 Å². The highest BCUT2D eigenvalue weighted by atomic mass is 32.1. The molecule has 0 amide bonds. The topological polar surface area (TPSA) is 42.1 Å². The Morgan fingerprint density at radius 3 is 3.00 bits per heavy atom.